The highest BCUT2D eigenvalue weighted by molar-refractivity contribution is 5.03. The van der Waals surface area contributed by atoms with Crippen LogP contribution in [0.15, 0.2) is 0 Å². The molecule has 2 aliphatic rings. The van der Waals surface area contributed by atoms with Crippen LogP contribution >= 0.6 is 0 Å². The van der Waals surface area contributed by atoms with Gasteiger partial charge in [-0.1, -0.05) is 0 Å². The monoisotopic (exact) mass is 166 g/mol. The first-order chi connectivity index (χ1) is 5.76. The van der Waals surface area contributed by atoms with Crippen LogP contribution < -0.4 is 0 Å². The predicted molar refractivity (Wildman–Crippen MR) is 44.6 cm³/mol. The Morgan fingerprint density at radius 1 is 1.67 bits per heavy atom. The molecule has 1 atom stereocenters. The van der Waals surface area contributed by atoms with Gasteiger partial charge in [-0.2, -0.15) is 5.26 Å². The van der Waals surface area contributed by atoms with Crippen LogP contribution in [0.3, 0.4) is 0 Å². The molecule has 0 bridgehead atoms. The van der Waals surface area contributed by atoms with Crippen molar-refractivity contribution in [3.05, 3.63) is 0 Å². The molecule has 0 radical (unpaired) electrons. The molecule has 0 aromatic heterocycles. The summed E-state index contributed by atoms with van der Waals surface area (Å²) in [6.07, 6.45) is 1.85. The topological polar surface area (TPSA) is 36.3 Å². The van der Waals surface area contributed by atoms with Crippen LogP contribution in [0.1, 0.15) is 19.8 Å². The summed E-state index contributed by atoms with van der Waals surface area (Å²) in [6.45, 7) is 5.11. The van der Waals surface area contributed by atoms with E-state index in [1.54, 1.807) is 0 Å². The van der Waals surface area contributed by atoms with Crippen LogP contribution in [0.5, 0.6) is 0 Å². The van der Waals surface area contributed by atoms with Crippen LogP contribution in [0.25, 0.3) is 0 Å². The molecule has 2 saturated heterocycles. The lowest BCUT2D eigenvalue weighted by atomic mass is 9.85. The minimum atomic E-state index is 0.212. The Labute approximate surface area is 72.9 Å². The molecular formula is C9H14N2O. The summed E-state index contributed by atoms with van der Waals surface area (Å²) >= 11 is 0. The van der Waals surface area contributed by atoms with E-state index in [1.165, 1.54) is 6.42 Å². The molecule has 1 unspecified atom stereocenters. The summed E-state index contributed by atoms with van der Waals surface area (Å²) in [5.41, 5.74) is 0.212. The molecule has 0 amide bonds. The maximum atomic E-state index is 8.50. The zero-order chi connectivity index (χ0) is 8.60. The Hall–Kier alpha value is -0.590. The van der Waals surface area contributed by atoms with Crippen molar-refractivity contribution in [3.63, 3.8) is 0 Å². The average Bonchev–Trinajstić information content (AvgIpc) is 1.81. The molecule has 2 aliphatic heterocycles. The fourth-order valence-corrected chi connectivity index (χ4v) is 1.91. The van der Waals surface area contributed by atoms with Gasteiger partial charge in [0.2, 0.25) is 0 Å². The van der Waals surface area contributed by atoms with Crippen molar-refractivity contribution in [1.82, 2.24) is 4.90 Å². The van der Waals surface area contributed by atoms with Crippen LogP contribution in [0.4, 0.5) is 0 Å². The smallest absolute Gasteiger partial charge is 0.0956 e. The lowest BCUT2D eigenvalue weighted by Crippen LogP contribution is -2.69. The van der Waals surface area contributed by atoms with Crippen molar-refractivity contribution >= 4 is 0 Å². The molecule has 0 aliphatic carbocycles. The number of hydrogen-bond acceptors (Lipinski definition) is 3. The van der Waals surface area contributed by atoms with Gasteiger partial charge in [0.25, 0.3) is 0 Å². The number of likely N-dealkylation sites (tertiary alicyclic amines) is 1. The van der Waals surface area contributed by atoms with E-state index in [0.29, 0.717) is 12.5 Å². The Morgan fingerprint density at radius 3 is 2.75 bits per heavy atom. The van der Waals surface area contributed by atoms with Crippen LogP contribution in [-0.4, -0.2) is 36.2 Å². The Morgan fingerprint density at radius 2 is 2.33 bits per heavy atom. The van der Waals surface area contributed by atoms with Crippen molar-refractivity contribution in [2.45, 2.75) is 31.4 Å². The zero-order valence-electron chi connectivity index (χ0n) is 7.42. The summed E-state index contributed by atoms with van der Waals surface area (Å²) in [5, 5.41) is 8.50. The number of ether oxygens (including phenoxy) is 1. The molecule has 2 fully saturated rings. The SMILES string of the molecule is CC(CC#N)N1CC2(CCO2)C1. The quantitative estimate of drug-likeness (QED) is 0.607. The number of hydrogen-bond donors (Lipinski definition) is 0. The zero-order valence-corrected chi connectivity index (χ0v) is 7.42. The van der Waals surface area contributed by atoms with E-state index in [2.05, 4.69) is 17.9 Å². The van der Waals surface area contributed by atoms with Gasteiger partial charge >= 0.3 is 0 Å². The van der Waals surface area contributed by atoms with E-state index < -0.39 is 0 Å². The molecular weight excluding hydrogens is 152 g/mol. The number of nitriles is 1. The van der Waals surface area contributed by atoms with Gasteiger partial charge in [0.05, 0.1) is 24.7 Å². The van der Waals surface area contributed by atoms with Gasteiger partial charge in [0.15, 0.2) is 0 Å². The molecule has 1 spiro atoms. The highest BCUT2D eigenvalue weighted by atomic mass is 16.5. The molecule has 12 heavy (non-hydrogen) atoms. The minimum Gasteiger partial charge on any atom is -0.372 e. The molecule has 3 heteroatoms. The van der Waals surface area contributed by atoms with Crippen LogP contribution in [-0.2, 0) is 4.74 Å². The van der Waals surface area contributed by atoms with E-state index in [0.717, 1.165) is 19.7 Å². The highest BCUT2D eigenvalue weighted by Crippen LogP contribution is 2.37. The van der Waals surface area contributed by atoms with Crippen molar-refractivity contribution in [3.8, 4) is 6.07 Å². The maximum absolute atomic E-state index is 8.50. The number of rotatable bonds is 2. The van der Waals surface area contributed by atoms with Gasteiger partial charge in [-0.25, -0.2) is 0 Å². The third kappa shape index (κ3) is 1.12. The molecule has 66 valence electrons. The molecule has 3 nitrogen and oxygen atoms in total. The van der Waals surface area contributed by atoms with Gasteiger partial charge in [0, 0.05) is 25.6 Å². The van der Waals surface area contributed by atoms with Crippen molar-refractivity contribution in [2.75, 3.05) is 19.7 Å². The van der Waals surface area contributed by atoms with Gasteiger partial charge in [-0.3, -0.25) is 4.90 Å². The molecule has 2 heterocycles. The lowest BCUT2D eigenvalue weighted by Gasteiger charge is -2.56. The fraction of sp³-hybridized carbons (Fsp3) is 0.889. The van der Waals surface area contributed by atoms with Crippen LogP contribution in [0.2, 0.25) is 0 Å². The molecule has 2 rings (SSSR count). The lowest BCUT2D eigenvalue weighted by molar-refractivity contribution is -0.228. The standard InChI is InChI=1S/C9H14N2O/c1-8(2-4-10)11-6-9(7-11)3-5-12-9/h8H,2-3,5-7H2,1H3. The first-order valence-electron chi connectivity index (χ1n) is 4.51. The highest BCUT2D eigenvalue weighted by Gasteiger charge is 2.49. The normalized spacial score (nSPS) is 28.7. The third-order valence-electron chi connectivity index (χ3n) is 2.96. The summed E-state index contributed by atoms with van der Waals surface area (Å²) in [7, 11) is 0. The third-order valence-corrected chi connectivity index (χ3v) is 2.96. The second kappa shape index (κ2) is 2.72. The summed E-state index contributed by atoms with van der Waals surface area (Å²) in [4.78, 5) is 2.32. The second-order valence-corrected chi connectivity index (χ2v) is 3.90. The van der Waals surface area contributed by atoms with Crippen molar-refractivity contribution in [1.29, 1.82) is 5.26 Å². The fourth-order valence-electron chi connectivity index (χ4n) is 1.91. The van der Waals surface area contributed by atoms with Gasteiger partial charge in [-0.15, -0.1) is 0 Å². The first-order valence-corrected chi connectivity index (χ1v) is 4.51. The van der Waals surface area contributed by atoms with Gasteiger partial charge in [-0.05, 0) is 6.92 Å². The molecule has 0 N–H and O–H groups in total. The largest absolute Gasteiger partial charge is 0.372 e. The van der Waals surface area contributed by atoms with Crippen molar-refractivity contribution < 1.29 is 4.74 Å². The Bertz CT molecular complexity index is 209. The van der Waals surface area contributed by atoms with Gasteiger partial charge < -0.3 is 4.74 Å². The van der Waals surface area contributed by atoms with E-state index >= 15 is 0 Å². The Kier molecular flexibility index (Phi) is 1.82. The maximum Gasteiger partial charge on any atom is 0.0956 e. The van der Waals surface area contributed by atoms with E-state index in [4.69, 9.17) is 10.00 Å². The second-order valence-electron chi connectivity index (χ2n) is 3.90. The van der Waals surface area contributed by atoms with E-state index in [1.807, 2.05) is 0 Å². The summed E-state index contributed by atoms with van der Waals surface area (Å²) in [6, 6.07) is 2.60. The minimum absolute atomic E-state index is 0.212. The molecule has 0 aromatic carbocycles. The summed E-state index contributed by atoms with van der Waals surface area (Å²) < 4.78 is 5.49. The first kappa shape index (κ1) is 8.03. The van der Waals surface area contributed by atoms with Gasteiger partial charge in [0.1, 0.15) is 0 Å². The number of nitrogens with zero attached hydrogens (tertiary/aromatic N) is 2. The molecule has 0 aromatic rings. The van der Waals surface area contributed by atoms with E-state index in [-0.39, 0.29) is 5.60 Å². The van der Waals surface area contributed by atoms with Crippen molar-refractivity contribution in [2.24, 2.45) is 0 Å². The van der Waals surface area contributed by atoms with E-state index in [9.17, 15) is 0 Å². The average molecular weight is 166 g/mol. The molecule has 0 saturated carbocycles. The Balaban J connectivity index is 1.77. The van der Waals surface area contributed by atoms with Crippen LogP contribution in [0, 0.1) is 11.3 Å². The summed E-state index contributed by atoms with van der Waals surface area (Å²) in [5.74, 6) is 0. The predicted octanol–water partition coefficient (Wildman–Crippen LogP) is 0.763.